The van der Waals surface area contributed by atoms with Crippen LogP contribution in [0.4, 0.5) is 0 Å². The smallest absolute Gasteiger partial charge is 0.189 e. The number of fused-ring (bicyclic) bond motifs is 1. The highest BCUT2D eigenvalue weighted by Gasteiger charge is 2.21. The van der Waals surface area contributed by atoms with E-state index in [1.165, 1.54) is 5.56 Å². The van der Waals surface area contributed by atoms with E-state index in [4.69, 9.17) is 10.5 Å². The molecule has 2 heterocycles. The van der Waals surface area contributed by atoms with E-state index < -0.39 is 0 Å². The standard InChI is InChI=1S/C21H23N5O.HI/c22-21(25-19-9-12-27-20-4-2-1-3-18(19)20)24-13-16-5-7-17(8-6-16)14-26-11-10-23-15-26;/h1-8,10-11,15,19H,9,12-14H2,(H3,22,24,25);1H. The number of nitrogens with two attached hydrogens (primary N) is 1. The Morgan fingerprint density at radius 2 is 1.96 bits per heavy atom. The zero-order valence-corrected chi connectivity index (χ0v) is 17.8. The van der Waals surface area contributed by atoms with Crippen molar-refractivity contribution < 1.29 is 4.74 Å². The third-order valence-corrected chi connectivity index (χ3v) is 4.66. The van der Waals surface area contributed by atoms with Gasteiger partial charge in [-0.3, -0.25) is 0 Å². The molecule has 0 fully saturated rings. The summed E-state index contributed by atoms with van der Waals surface area (Å²) < 4.78 is 7.73. The lowest BCUT2D eigenvalue weighted by atomic mass is 10.0. The number of imidazole rings is 1. The number of nitrogens with zero attached hydrogens (tertiary/aromatic N) is 3. The van der Waals surface area contributed by atoms with Crippen molar-refractivity contribution >= 4 is 29.9 Å². The van der Waals surface area contributed by atoms with E-state index in [1.807, 2.05) is 35.3 Å². The zero-order chi connectivity index (χ0) is 18.5. The summed E-state index contributed by atoms with van der Waals surface area (Å²) in [5, 5.41) is 3.32. The number of para-hydroxylation sites is 1. The summed E-state index contributed by atoms with van der Waals surface area (Å²) in [5.74, 6) is 1.38. The number of hydrogen-bond donors (Lipinski definition) is 2. The molecule has 1 aliphatic heterocycles. The molecule has 0 aliphatic carbocycles. The van der Waals surface area contributed by atoms with Gasteiger partial charge in [-0.1, -0.05) is 42.5 Å². The molecule has 0 saturated carbocycles. The van der Waals surface area contributed by atoms with Crippen LogP contribution < -0.4 is 15.8 Å². The van der Waals surface area contributed by atoms with E-state index >= 15 is 0 Å². The normalized spacial score (nSPS) is 15.9. The Bertz CT molecular complexity index is 909. The molecule has 4 rings (SSSR count). The van der Waals surface area contributed by atoms with E-state index in [9.17, 15) is 0 Å². The van der Waals surface area contributed by atoms with Crippen molar-refractivity contribution in [2.75, 3.05) is 6.61 Å². The van der Waals surface area contributed by atoms with Gasteiger partial charge in [0.2, 0.25) is 0 Å². The molecule has 2 aromatic carbocycles. The van der Waals surface area contributed by atoms with Crippen molar-refractivity contribution in [3.63, 3.8) is 0 Å². The van der Waals surface area contributed by atoms with E-state index in [0.717, 1.165) is 29.8 Å². The van der Waals surface area contributed by atoms with Crippen LogP contribution in [0.25, 0.3) is 0 Å². The summed E-state index contributed by atoms with van der Waals surface area (Å²) in [6, 6.07) is 16.6. The molecular formula is C21H24IN5O. The monoisotopic (exact) mass is 489 g/mol. The highest BCUT2D eigenvalue weighted by atomic mass is 127. The first kappa shape index (κ1) is 20.2. The van der Waals surface area contributed by atoms with E-state index in [2.05, 4.69) is 45.6 Å². The predicted octanol–water partition coefficient (Wildman–Crippen LogP) is 3.48. The van der Waals surface area contributed by atoms with Crippen LogP contribution in [0.1, 0.15) is 29.2 Å². The SMILES string of the molecule is I.NC(=NCc1ccc(Cn2ccnc2)cc1)NC1CCOc2ccccc21. The van der Waals surface area contributed by atoms with Crippen molar-refractivity contribution in [2.24, 2.45) is 10.7 Å². The van der Waals surface area contributed by atoms with Crippen LogP contribution in [0.2, 0.25) is 0 Å². The minimum absolute atomic E-state index is 0. The first-order chi connectivity index (χ1) is 13.3. The lowest BCUT2D eigenvalue weighted by Gasteiger charge is -2.26. The third kappa shape index (κ3) is 5.03. The molecule has 1 aliphatic rings. The minimum atomic E-state index is 0. The molecule has 7 heteroatoms. The number of aliphatic imine (C=N–C) groups is 1. The molecule has 0 spiro atoms. The molecule has 6 nitrogen and oxygen atoms in total. The average Bonchev–Trinajstić information content (AvgIpc) is 3.21. The predicted molar refractivity (Wildman–Crippen MR) is 121 cm³/mol. The van der Waals surface area contributed by atoms with E-state index in [-0.39, 0.29) is 30.0 Å². The third-order valence-electron chi connectivity index (χ3n) is 4.66. The number of ether oxygens (including phenoxy) is 1. The quantitative estimate of drug-likeness (QED) is 0.327. The van der Waals surface area contributed by atoms with Gasteiger partial charge in [-0.15, -0.1) is 24.0 Å². The molecule has 146 valence electrons. The Labute approximate surface area is 181 Å². The van der Waals surface area contributed by atoms with Crippen LogP contribution >= 0.6 is 24.0 Å². The maximum Gasteiger partial charge on any atom is 0.189 e. The summed E-state index contributed by atoms with van der Waals surface area (Å²) in [4.78, 5) is 8.56. The van der Waals surface area contributed by atoms with Gasteiger partial charge in [0.1, 0.15) is 5.75 Å². The Hall–Kier alpha value is -2.55. The second-order valence-electron chi connectivity index (χ2n) is 6.62. The second-order valence-corrected chi connectivity index (χ2v) is 6.62. The maximum atomic E-state index is 6.12. The second kappa shape index (κ2) is 9.59. The molecule has 3 aromatic rings. The summed E-state index contributed by atoms with van der Waals surface area (Å²) in [6.07, 6.45) is 6.43. The Morgan fingerprint density at radius 3 is 2.75 bits per heavy atom. The average molecular weight is 489 g/mol. The zero-order valence-electron chi connectivity index (χ0n) is 15.5. The molecule has 28 heavy (non-hydrogen) atoms. The van der Waals surface area contributed by atoms with Gasteiger partial charge in [-0.25, -0.2) is 9.98 Å². The van der Waals surface area contributed by atoms with Crippen molar-refractivity contribution in [2.45, 2.75) is 25.6 Å². The fraction of sp³-hybridized carbons (Fsp3) is 0.238. The number of nitrogens with one attached hydrogen (secondary N) is 1. The van der Waals surface area contributed by atoms with Crippen LogP contribution in [-0.2, 0) is 13.1 Å². The number of aromatic nitrogens is 2. The molecule has 0 bridgehead atoms. The van der Waals surface area contributed by atoms with Crippen molar-refractivity contribution in [3.05, 3.63) is 83.9 Å². The molecule has 0 saturated heterocycles. The largest absolute Gasteiger partial charge is 0.493 e. The van der Waals surface area contributed by atoms with Gasteiger partial charge in [0.25, 0.3) is 0 Å². The molecule has 0 amide bonds. The Balaban J connectivity index is 0.00000225. The summed E-state index contributed by atoms with van der Waals surface area (Å²) in [6.45, 7) is 2.05. The summed E-state index contributed by atoms with van der Waals surface area (Å²) >= 11 is 0. The van der Waals surface area contributed by atoms with E-state index in [1.54, 1.807) is 6.20 Å². The van der Waals surface area contributed by atoms with Gasteiger partial charge >= 0.3 is 0 Å². The van der Waals surface area contributed by atoms with Gasteiger partial charge in [0.05, 0.1) is 25.5 Å². The van der Waals surface area contributed by atoms with Crippen LogP contribution in [0.15, 0.2) is 72.2 Å². The highest BCUT2D eigenvalue weighted by Crippen LogP contribution is 2.31. The Morgan fingerprint density at radius 1 is 1.18 bits per heavy atom. The fourth-order valence-electron chi connectivity index (χ4n) is 3.23. The van der Waals surface area contributed by atoms with E-state index in [0.29, 0.717) is 19.1 Å². The molecule has 1 aromatic heterocycles. The minimum Gasteiger partial charge on any atom is -0.493 e. The first-order valence-corrected chi connectivity index (χ1v) is 9.10. The number of halogens is 1. The van der Waals surface area contributed by atoms with Gasteiger partial charge in [-0.05, 0) is 17.2 Å². The van der Waals surface area contributed by atoms with Crippen LogP contribution in [0, 0.1) is 0 Å². The fourth-order valence-corrected chi connectivity index (χ4v) is 3.23. The number of rotatable bonds is 5. The van der Waals surface area contributed by atoms with Gasteiger partial charge < -0.3 is 20.4 Å². The number of benzene rings is 2. The number of hydrogen-bond acceptors (Lipinski definition) is 3. The first-order valence-electron chi connectivity index (χ1n) is 9.10. The molecular weight excluding hydrogens is 465 g/mol. The number of guanidine groups is 1. The van der Waals surface area contributed by atoms with Crippen molar-refractivity contribution in [1.29, 1.82) is 0 Å². The van der Waals surface area contributed by atoms with Gasteiger partial charge in [-0.2, -0.15) is 0 Å². The highest BCUT2D eigenvalue weighted by molar-refractivity contribution is 14.0. The lowest BCUT2D eigenvalue weighted by Crippen LogP contribution is -2.37. The maximum absolute atomic E-state index is 6.12. The summed E-state index contributed by atoms with van der Waals surface area (Å²) in [7, 11) is 0. The van der Waals surface area contributed by atoms with Crippen molar-refractivity contribution in [1.82, 2.24) is 14.9 Å². The van der Waals surface area contributed by atoms with Gasteiger partial charge in [0, 0.05) is 30.9 Å². The van der Waals surface area contributed by atoms with Crippen molar-refractivity contribution in [3.8, 4) is 5.75 Å². The van der Waals surface area contributed by atoms with Crippen LogP contribution in [-0.4, -0.2) is 22.1 Å². The molecule has 1 unspecified atom stereocenters. The molecule has 3 N–H and O–H groups in total. The molecule has 0 radical (unpaired) electrons. The van der Waals surface area contributed by atoms with Crippen LogP contribution in [0.3, 0.4) is 0 Å². The van der Waals surface area contributed by atoms with Crippen LogP contribution in [0.5, 0.6) is 5.75 Å². The van der Waals surface area contributed by atoms with Gasteiger partial charge in [0.15, 0.2) is 5.96 Å². The Kier molecular flexibility index (Phi) is 6.91. The molecule has 1 atom stereocenters. The lowest BCUT2D eigenvalue weighted by molar-refractivity contribution is 0.262. The summed E-state index contributed by atoms with van der Waals surface area (Å²) in [5.41, 5.74) is 9.60. The topological polar surface area (TPSA) is 77.5 Å².